The van der Waals surface area contributed by atoms with E-state index in [-0.39, 0.29) is 11.9 Å². The lowest BCUT2D eigenvalue weighted by Gasteiger charge is -2.33. The highest BCUT2D eigenvalue weighted by atomic mass is 79.9. The van der Waals surface area contributed by atoms with Crippen LogP contribution in [-0.2, 0) is 4.79 Å². The molecule has 19 heavy (non-hydrogen) atoms. The fraction of sp³-hybridized carbons (Fsp3) is 0.500. The van der Waals surface area contributed by atoms with Crippen LogP contribution in [0.5, 0.6) is 0 Å². The van der Waals surface area contributed by atoms with Gasteiger partial charge in [0.25, 0.3) is 0 Å². The highest BCUT2D eigenvalue weighted by molar-refractivity contribution is 9.10. The molecule has 1 aliphatic heterocycles. The second-order valence-corrected chi connectivity index (χ2v) is 5.91. The Morgan fingerprint density at radius 2 is 2.32 bits per heavy atom. The van der Waals surface area contributed by atoms with Crippen LogP contribution in [0.1, 0.15) is 26.2 Å². The van der Waals surface area contributed by atoms with E-state index < -0.39 is 0 Å². The second kappa shape index (κ2) is 6.73. The molecule has 2 rings (SSSR count). The predicted molar refractivity (Wildman–Crippen MR) is 82.8 cm³/mol. The summed E-state index contributed by atoms with van der Waals surface area (Å²) >= 11 is 9.57. The van der Waals surface area contributed by atoms with E-state index in [9.17, 15) is 4.79 Å². The van der Waals surface area contributed by atoms with E-state index >= 15 is 0 Å². The SMILES string of the molecule is CCCNC1CCCN(c2cccc(Cl)c2Br)C1=O. The van der Waals surface area contributed by atoms with E-state index in [4.69, 9.17) is 11.6 Å². The van der Waals surface area contributed by atoms with Crippen molar-refractivity contribution in [1.29, 1.82) is 0 Å². The smallest absolute Gasteiger partial charge is 0.244 e. The number of hydrogen-bond acceptors (Lipinski definition) is 2. The molecule has 0 spiro atoms. The standard InChI is InChI=1S/C14H18BrClN2O/c1-2-8-17-11-6-4-9-18(14(11)19)12-7-3-5-10(16)13(12)15/h3,5,7,11,17H,2,4,6,8-9H2,1H3. The fourth-order valence-corrected chi connectivity index (χ4v) is 2.97. The van der Waals surface area contributed by atoms with Crippen molar-refractivity contribution in [3.8, 4) is 0 Å². The lowest BCUT2D eigenvalue weighted by Crippen LogP contribution is -2.51. The third-order valence-corrected chi connectivity index (χ3v) is 4.68. The molecule has 1 atom stereocenters. The second-order valence-electron chi connectivity index (χ2n) is 4.71. The molecule has 1 aromatic carbocycles. The summed E-state index contributed by atoms with van der Waals surface area (Å²) in [5, 5.41) is 3.95. The van der Waals surface area contributed by atoms with Crippen molar-refractivity contribution in [2.75, 3.05) is 18.0 Å². The van der Waals surface area contributed by atoms with Crippen LogP contribution in [0.15, 0.2) is 22.7 Å². The van der Waals surface area contributed by atoms with Crippen LogP contribution in [0.4, 0.5) is 5.69 Å². The molecule has 1 heterocycles. The van der Waals surface area contributed by atoms with Gasteiger partial charge >= 0.3 is 0 Å². The van der Waals surface area contributed by atoms with E-state index in [2.05, 4.69) is 28.2 Å². The number of carbonyl (C=O) groups excluding carboxylic acids is 1. The quantitative estimate of drug-likeness (QED) is 0.904. The number of benzene rings is 1. The van der Waals surface area contributed by atoms with E-state index in [1.54, 1.807) is 0 Å². The van der Waals surface area contributed by atoms with Gasteiger partial charge in [0.15, 0.2) is 0 Å². The minimum absolute atomic E-state index is 0.0698. The van der Waals surface area contributed by atoms with E-state index in [1.165, 1.54) is 0 Å². The highest BCUT2D eigenvalue weighted by Gasteiger charge is 2.30. The third-order valence-electron chi connectivity index (χ3n) is 3.30. The van der Waals surface area contributed by atoms with Gasteiger partial charge in [-0.3, -0.25) is 4.79 Å². The molecule has 0 aliphatic carbocycles. The number of piperidine rings is 1. The molecule has 0 bridgehead atoms. The van der Waals surface area contributed by atoms with Crippen molar-refractivity contribution in [3.63, 3.8) is 0 Å². The van der Waals surface area contributed by atoms with Crippen molar-refractivity contribution in [2.45, 2.75) is 32.2 Å². The topological polar surface area (TPSA) is 32.3 Å². The lowest BCUT2D eigenvalue weighted by atomic mass is 10.0. The highest BCUT2D eigenvalue weighted by Crippen LogP contribution is 2.34. The predicted octanol–water partition coefficient (Wildman–Crippen LogP) is 3.60. The van der Waals surface area contributed by atoms with Crippen molar-refractivity contribution in [2.24, 2.45) is 0 Å². The number of nitrogens with zero attached hydrogens (tertiary/aromatic N) is 1. The molecule has 3 nitrogen and oxygen atoms in total. The van der Waals surface area contributed by atoms with Crippen molar-refractivity contribution in [3.05, 3.63) is 27.7 Å². The summed E-state index contributed by atoms with van der Waals surface area (Å²) in [5.74, 6) is 0.141. The van der Waals surface area contributed by atoms with Crippen LogP contribution in [0, 0.1) is 0 Å². The fourth-order valence-electron chi connectivity index (χ4n) is 2.32. The van der Waals surface area contributed by atoms with E-state index in [0.717, 1.165) is 42.5 Å². The Labute approximate surface area is 127 Å². The first kappa shape index (κ1) is 14.8. The Morgan fingerprint density at radius 3 is 3.05 bits per heavy atom. The molecule has 1 saturated heterocycles. The largest absolute Gasteiger partial charge is 0.310 e. The molecule has 5 heteroatoms. The van der Waals surface area contributed by atoms with Gasteiger partial charge in [-0.05, 0) is 53.9 Å². The summed E-state index contributed by atoms with van der Waals surface area (Å²) < 4.78 is 0.793. The molecule has 1 aromatic rings. The average Bonchev–Trinajstić information content (AvgIpc) is 2.41. The summed E-state index contributed by atoms with van der Waals surface area (Å²) in [4.78, 5) is 14.3. The number of anilines is 1. The number of hydrogen-bond donors (Lipinski definition) is 1. The van der Waals surface area contributed by atoms with Crippen LogP contribution in [0.2, 0.25) is 5.02 Å². The zero-order valence-corrected chi connectivity index (χ0v) is 13.3. The van der Waals surface area contributed by atoms with Crippen molar-refractivity contribution >= 4 is 39.1 Å². The molecule has 104 valence electrons. The first-order valence-corrected chi connectivity index (χ1v) is 7.81. The van der Waals surface area contributed by atoms with Gasteiger partial charge in [-0.1, -0.05) is 24.6 Å². The van der Waals surface area contributed by atoms with Gasteiger partial charge in [0.2, 0.25) is 5.91 Å². The van der Waals surface area contributed by atoms with Crippen LogP contribution >= 0.6 is 27.5 Å². The molecule has 1 N–H and O–H groups in total. The number of nitrogens with one attached hydrogen (secondary N) is 1. The Balaban J connectivity index is 2.19. The third kappa shape index (κ3) is 3.30. The molecule has 1 unspecified atom stereocenters. The number of rotatable bonds is 4. The first-order valence-electron chi connectivity index (χ1n) is 6.64. The van der Waals surface area contributed by atoms with Crippen LogP contribution in [0.25, 0.3) is 0 Å². The first-order chi connectivity index (χ1) is 9.15. The number of carbonyl (C=O) groups is 1. The van der Waals surface area contributed by atoms with Crippen LogP contribution in [0.3, 0.4) is 0 Å². The zero-order valence-electron chi connectivity index (χ0n) is 11.0. The Hall–Kier alpha value is -0.580. The monoisotopic (exact) mass is 344 g/mol. The maximum Gasteiger partial charge on any atom is 0.244 e. The Kier molecular flexibility index (Phi) is 5.25. The maximum atomic E-state index is 12.5. The molecule has 0 aromatic heterocycles. The summed E-state index contributed by atoms with van der Waals surface area (Å²) in [6.07, 6.45) is 2.95. The van der Waals surface area contributed by atoms with Gasteiger partial charge in [-0.15, -0.1) is 0 Å². The minimum Gasteiger partial charge on any atom is -0.310 e. The molecule has 0 saturated carbocycles. The molecular formula is C14H18BrClN2O. The van der Waals surface area contributed by atoms with Gasteiger partial charge in [-0.2, -0.15) is 0 Å². The Bertz CT molecular complexity index is 467. The average molecular weight is 346 g/mol. The molecular weight excluding hydrogens is 328 g/mol. The van der Waals surface area contributed by atoms with Crippen LogP contribution < -0.4 is 10.2 Å². The summed E-state index contributed by atoms with van der Waals surface area (Å²) in [6.45, 7) is 3.73. The van der Waals surface area contributed by atoms with Gasteiger partial charge in [0.1, 0.15) is 0 Å². The maximum absolute atomic E-state index is 12.5. The van der Waals surface area contributed by atoms with Crippen molar-refractivity contribution < 1.29 is 4.79 Å². The van der Waals surface area contributed by atoms with E-state index in [1.807, 2.05) is 23.1 Å². The zero-order chi connectivity index (χ0) is 13.8. The number of amides is 1. The summed E-state index contributed by atoms with van der Waals surface area (Å²) in [5.41, 5.74) is 0.862. The molecule has 1 fully saturated rings. The van der Waals surface area contributed by atoms with Gasteiger partial charge < -0.3 is 10.2 Å². The molecule has 0 radical (unpaired) electrons. The van der Waals surface area contributed by atoms with E-state index in [0.29, 0.717) is 5.02 Å². The normalized spacial score (nSPS) is 19.8. The molecule has 1 aliphatic rings. The van der Waals surface area contributed by atoms with Crippen LogP contribution in [-0.4, -0.2) is 25.0 Å². The van der Waals surface area contributed by atoms with Gasteiger partial charge in [0, 0.05) is 6.54 Å². The minimum atomic E-state index is -0.0698. The van der Waals surface area contributed by atoms with Crippen molar-refractivity contribution in [1.82, 2.24) is 5.32 Å². The lowest BCUT2D eigenvalue weighted by molar-refractivity contribution is -0.121. The summed E-state index contributed by atoms with van der Waals surface area (Å²) in [7, 11) is 0. The van der Waals surface area contributed by atoms with Gasteiger partial charge in [0.05, 0.1) is 21.2 Å². The molecule has 1 amide bonds. The summed E-state index contributed by atoms with van der Waals surface area (Å²) in [6, 6.07) is 5.55. The number of halogens is 2. The van der Waals surface area contributed by atoms with Gasteiger partial charge in [-0.25, -0.2) is 0 Å². The Morgan fingerprint density at radius 1 is 1.53 bits per heavy atom.